The average molecular weight is 352 g/mol. The number of nitrogens with one attached hydrogen (secondary N) is 2. The van der Waals surface area contributed by atoms with E-state index in [9.17, 15) is 9.59 Å². The van der Waals surface area contributed by atoms with Gasteiger partial charge in [0.05, 0.1) is 11.3 Å². The number of benzene rings is 2. The van der Waals surface area contributed by atoms with Gasteiger partial charge in [-0.2, -0.15) is 0 Å². The Bertz CT molecular complexity index is 828. The van der Waals surface area contributed by atoms with Gasteiger partial charge in [-0.1, -0.05) is 43.2 Å². The topological polar surface area (TPSA) is 58.2 Å². The molecular weight excluding hydrogens is 332 g/mol. The summed E-state index contributed by atoms with van der Waals surface area (Å²) in [5, 5.41) is 6.07. The molecule has 0 saturated heterocycles. The van der Waals surface area contributed by atoms with Crippen LogP contribution >= 0.6 is 11.8 Å². The number of rotatable bonds is 2. The van der Waals surface area contributed by atoms with Gasteiger partial charge < -0.3 is 10.6 Å². The van der Waals surface area contributed by atoms with Gasteiger partial charge in [-0.3, -0.25) is 9.59 Å². The Labute approximate surface area is 151 Å². The fraction of sp³-hybridized carbons (Fsp3) is 0.300. The van der Waals surface area contributed by atoms with Crippen molar-refractivity contribution in [1.82, 2.24) is 5.32 Å². The molecule has 2 amide bonds. The molecule has 0 unspecified atom stereocenters. The van der Waals surface area contributed by atoms with E-state index in [0.29, 0.717) is 16.8 Å². The minimum atomic E-state index is -0.133. The molecule has 4 nitrogen and oxygen atoms in total. The Morgan fingerprint density at radius 3 is 2.68 bits per heavy atom. The van der Waals surface area contributed by atoms with E-state index >= 15 is 0 Å². The summed E-state index contributed by atoms with van der Waals surface area (Å²) in [6, 6.07) is 13.4. The average Bonchev–Trinajstić information content (AvgIpc) is 2.78. The number of amides is 2. The summed E-state index contributed by atoms with van der Waals surface area (Å²) < 4.78 is 0. The van der Waals surface area contributed by atoms with Gasteiger partial charge in [-0.15, -0.1) is 0 Å². The first-order valence-corrected chi connectivity index (χ1v) is 9.55. The normalized spacial score (nSPS) is 17.0. The third kappa shape index (κ3) is 3.42. The van der Waals surface area contributed by atoms with E-state index in [1.165, 1.54) is 19.3 Å². The van der Waals surface area contributed by atoms with Crippen LogP contribution < -0.4 is 10.6 Å². The van der Waals surface area contributed by atoms with Crippen LogP contribution in [0.2, 0.25) is 0 Å². The molecule has 0 aromatic heterocycles. The Morgan fingerprint density at radius 1 is 1.04 bits per heavy atom. The lowest BCUT2D eigenvalue weighted by Gasteiger charge is -2.23. The van der Waals surface area contributed by atoms with Gasteiger partial charge in [-0.05, 0) is 43.2 Å². The van der Waals surface area contributed by atoms with E-state index in [1.807, 2.05) is 36.4 Å². The summed E-state index contributed by atoms with van der Waals surface area (Å²) in [4.78, 5) is 26.9. The molecule has 2 N–H and O–H groups in total. The van der Waals surface area contributed by atoms with E-state index in [4.69, 9.17) is 0 Å². The van der Waals surface area contributed by atoms with Gasteiger partial charge in [0.25, 0.3) is 11.8 Å². The first-order chi connectivity index (χ1) is 12.2. The third-order valence-corrected chi connectivity index (χ3v) is 5.93. The molecule has 25 heavy (non-hydrogen) atoms. The number of anilines is 1. The monoisotopic (exact) mass is 352 g/mol. The van der Waals surface area contributed by atoms with Gasteiger partial charge in [0.15, 0.2) is 0 Å². The van der Waals surface area contributed by atoms with Crippen LogP contribution in [0.4, 0.5) is 5.69 Å². The molecule has 2 aromatic carbocycles. The Kier molecular flexibility index (Phi) is 4.49. The second-order valence-electron chi connectivity index (χ2n) is 6.57. The van der Waals surface area contributed by atoms with E-state index in [2.05, 4.69) is 10.6 Å². The van der Waals surface area contributed by atoms with Crippen molar-refractivity contribution in [3.63, 3.8) is 0 Å². The predicted octanol–water partition coefficient (Wildman–Crippen LogP) is 4.47. The van der Waals surface area contributed by atoms with Crippen molar-refractivity contribution in [2.24, 2.45) is 0 Å². The Hall–Kier alpha value is -2.27. The summed E-state index contributed by atoms with van der Waals surface area (Å²) in [6.07, 6.45) is 5.73. The lowest BCUT2D eigenvalue weighted by molar-refractivity contribution is 0.0926. The van der Waals surface area contributed by atoms with E-state index in [0.717, 1.165) is 22.6 Å². The Balaban J connectivity index is 1.57. The standard InChI is InChI=1S/C20H20N2O2S/c23-19(21-14-6-2-1-3-7-14)13-10-11-18-16(12-13)22-20(24)15-8-4-5-9-17(15)25-18/h4-5,8-12,14H,1-3,6-7H2,(H,21,23)(H,22,24). The summed E-state index contributed by atoms with van der Waals surface area (Å²) >= 11 is 1.55. The van der Waals surface area contributed by atoms with E-state index in [1.54, 1.807) is 17.8 Å². The van der Waals surface area contributed by atoms with Gasteiger partial charge >= 0.3 is 0 Å². The maximum Gasteiger partial charge on any atom is 0.256 e. The minimum Gasteiger partial charge on any atom is -0.349 e. The number of hydrogen-bond acceptors (Lipinski definition) is 3. The molecule has 4 rings (SSSR count). The SMILES string of the molecule is O=C(NC1CCCCC1)c1ccc2c(c1)NC(=O)c1ccccc1S2. The zero-order valence-corrected chi connectivity index (χ0v) is 14.7. The number of carbonyl (C=O) groups is 2. The van der Waals surface area contributed by atoms with Gasteiger partial charge in [0.1, 0.15) is 0 Å². The molecule has 0 bridgehead atoms. The highest BCUT2D eigenvalue weighted by Crippen LogP contribution is 2.39. The molecule has 1 aliphatic carbocycles. The van der Waals surface area contributed by atoms with Crippen molar-refractivity contribution in [1.29, 1.82) is 0 Å². The lowest BCUT2D eigenvalue weighted by Crippen LogP contribution is -2.36. The highest BCUT2D eigenvalue weighted by atomic mass is 32.2. The highest BCUT2D eigenvalue weighted by molar-refractivity contribution is 7.99. The summed E-state index contributed by atoms with van der Waals surface area (Å²) in [6.45, 7) is 0. The van der Waals surface area contributed by atoms with E-state index < -0.39 is 0 Å². The molecule has 1 heterocycles. The lowest BCUT2D eigenvalue weighted by atomic mass is 9.95. The van der Waals surface area contributed by atoms with Crippen molar-refractivity contribution in [3.8, 4) is 0 Å². The van der Waals surface area contributed by atoms with Crippen LogP contribution in [0.15, 0.2) is 52.3 Å². The molecular formula is C20H20N2O2S. The van der Waals surface area contributed by atoms with Crippen molar-refractivity contribution < 1.29 is 9.59 Å². The molecule has 5 heteroatoms. The maximum atomic E-state index is 12.6. The second-order valence-corrected chi connectivity index (χ2v) is 7.66. The highest BCUT2D eigenvalue weighted by Gasteiger charge is 2.22. The van der Waals surface area contributed by atoms with Crippen molar-refractivity contribution in [2.75, 3.05) is 5.32 Å². The molecule has 128 valence electrons. The van der Waals surface area contributed by atoms with Crippen LogP contribution in [0.1, 0.15) is 52.8 Å². The van der Waals surface area contributed by atoms with Gasteiger partial charge in [0.2, 0.25) is 0 Å². The molecule has 0 radical (unpaired) electrons. The first kappa shape index (κ1) is 16.2. The second kappa shape index (κ2) is 6.92. The summed E-state index contributed by atoms with van der Waals surface area (Å²) in [5.74, 6) is -0.192. The maximum absolute atomic E-state index is 12.6. The molecule has 2 aliphatic rings. The van der Waals surface area contributed by atoms with Crippen LogP contribution in [-0.4, -0.2) is 17.9 Å². The molecule has 0 spiro atoms. The molecule has 0 atom stereocenters. The summed E-state index contributed by atoms with van der Waals surface area (Å²) in [7, 11) is 0. The fourth-order valence-electron chi connectivity index (χ4n) is 3.42. The number of hydrogen-bond donors (Lipinski definition) is 2. The van der Waals surface area contributed by atoms with Crippen LogP contribution in [0.3, 0.4) is 0 Å². The minimum absolute atomic E-state index is 0.0595. The van der Waals surface area contributed by atoms with Crippen LogP contribution in [-0.2, 0) is 0 Å². The van der Waals surface area contributed by atoms with Crippen LogP contribution in [0, 0.1) is 0 Å². The van der Waals surface area contributed by atoms with Crippen molar-refractivity contribution in [3.05, 3.63) is 53.6 Å². The predicted molar refractivity (Wildman–Crippen MR) is 99.3 cm³/mol. The van der Waals surface area contributed by atoms with Crippen LogP contribution in [0.25, 0.3) is 0 Å². The van der Waals surface area contributed by atoms with E-state index in [-0.39, 0.29) is 17.9 Å². The molecule has 1 fully saturated rings. The third-order valence-electron chi connectivity index (χ3n) is 4.78. The molecule has 1 aliphatic heterocycles. The zero-order valence-electron chi connectivity index (χ0n) is 13.9. The quantitative estimate of drug-likeness (QED) is 0.838. The number of carbonyl (C=O) groups excluding carboxylic acids is 2. The fourth-order valence-corrected chi connectivity index (χ4v) is 4.44. The number of fused-ring (bicyclic) bond motifs is 2. The van der Waals surface area contributed by atoms with Crippen molar-refractivity contribution >= 4 is 29.3 Å². The van der Waals surface area contributed by atoms with Gasteiger partial charge in [-0.25, -0.2) is 0 Å². The van der Waals surface area contributed by atoms with Gasteiger partial charge in [0, 0.05) is 21.4 Å². The Morgan fingerprint density at radius 2 is 1.84 bits per heavy atom. The summed E-state index contributed by atoms with van der Waals surface area (Å²) in [5.41, 5.74) is 1.95. The largest absolute Gasteiger partial charge is 0.349 e. The molecule has 1 saturated carbocycles. The molecule has 2 aromatic rings. The first-order valence-electron chi connectivity index (χ1n) is 8.74. The van der Waals surface area contributed by atoms with Crippen LogP contribution in [0.5, 0.6) is 0 Å². The zero-order chi connectivity index (χ0) is 17.2. The smallest absolute Gasteiger partial charge is 0.256 e. The van der Waals surface area contributed by atoms with Crippen molar-refractivity contribution in [2.45, 2.75) is 47.9 Å².